The smallest absolute Gasteiger partial charge is 0.323 e. The Bertz CT molecular complexity index is 202. The quantitative estimate of drug-likeness (QED) is 0.736. The summed E-state index contributed by atoms with van der Waals surface area (Å²) in [6, 6.07) is 0. The standard InChI is InChI=1S/C10H19NO3/c1-3-4-10(2,9(12)13)11-5-7-14-8-6-11/h3-8H2,1-2H3,(H,12,13). The summed E-state index contributed by atoms with van der Waals surface area (Å²) in [4.78, 5) is 13.2. The van der Waals surface area contributed by atoms with Gasteiger partial charge >= 0.3 is 5.97 Å². The van der Waals surface area contributed by atoms with Crippen molar-refractivity contribution in [1.29, 1.82) is 0 Å². The highest BCUT2D eigenvalue weighted by atomic mass is 16.5. The van der Waals surface area contributed by atoms with E-state index in [0.717, 1.165) is 19.5 Å². The van der Waals surface area contributed by atoms with Crippen LogP contribution in [0, 0.1) is 0 Å². The van der Waals surface area contributed by atoms with E-state index in [-0.39, 0.29) is 0 Å². The molecule has 0 aromatic heterocycles. The molecule has 1 rings (SSSR count). The van der Waals surface area contributed by atoms with Crippen LogP contribution < -0.4 is 0 Å². The summed E-state index contributed by atoms with van der Waals surface area (Å²) in [5, 5.41) is 9.23. The topological polar surface area (TPSA) is 49.8 Å². The molecule has 4 nitrogen and oxygen atoms in total. The third-order valence-corrected chi connectivity index (χ3v) is 2.91. The maximum atomic E-state index is 11.2. The molecule has 1 saturated heterocycles. The van der Waals surface area contributed by atoms with E-state index in [2.05, 4.69) is 0 Å². The van der Waals surface area contributed by atoms with Crippen molar-refractivity contribution in [1.82, 2.24) is 4.90 Å². The zero-order valence-corrected chi connectivity index (χ0v) is 8.95. The first-order valence-electron chi connectivity index (χ1n) is 5.17. The predicted molar refractivity (Wildman–Crippen MR) is 53.3 cm³/mol. The zero-order chi connectivity index (χ0) is 10.6. The second-order valence-electron chi connectivity index (χ2n) is 3.93. The van der Waals surface area contributed by atoms with Crippen molar-refractivity contribution >= 4 is 5.97 Å². The first-order valence-corrected chi connectivity index (χ1v) is 5.17. The molecule has 0 bridgehead atoms. The molecule has 0 spiro atoms. The fourth-order valence-corrected chi connectivity index (χ4v) is 1.94. The molecule has 1 unspecified atom stereocenters. The van der Waals surface area contributed by atoms with Gasteiger partial charge in [-0.25, -0.2) is 0 Å². The second-order valence-corrected chi connectivity index (χ2v) is 3.93. The Labute approximate surface area is 84.8 Å². The predicted octanol–water partition coefficient (Wildman–Crippen LogP) is 0.962. The third-order valence-electron chi connectivity index (χ3n) is 2.91. The number of carboxylic acids is 1. The maximum Gasteiger partial charge on any atom is 0.323 e. The number of hydrogen-bond acceptors (Lipinski definition) is 3. The first-order chi connectivity index (χ1) is 6.61. The zero-order valence-electron chi connectivity index (χ0n) is 8.95. The van der Waals surface area contributed by atoms with Crippen LogP contribution in [0.3, 0.4) is 0 Å². The van der Waals surface area contributed by atoms with Crippen LogP contribution in [0.25, 0.3) is 0 Å². The lowest BCUT2D eigenvalue weighted by atomic mass is 9.93. The molecule has 1 aliphatic heterocycles. The Kier molecular flexibility index (Phi) is 3.89. The van der Waals surface area contributed by atoms with Gasteiger partial charge in [-0.1, -0.05) is 13.3 Å². The van der Waals surface area contributed by atoms with Crippen LogP contribution in [0.2, 0.25) is 0 Å². The molecular formula is C10H19NO3. The van der Waals surface area contributed by atoms with Crippen LogP contribution >= 0.6 is 0 Å². The number of ether oxygens (including phenoxy) is 1. The van der Waals surface area contributed by atoms with Gasteiger partial charge in [-0.2, -0.15) is 0 Å². The molecule has 1 heterocycles. The van der Waals surface area contributed by atoms with Gasteiger partial charge in [-0.15, -0.1) is 0 Å². The van der Waals surface area contributed by atoms with Crippen molar-refractivity contribution < 1.29 is 14.6 Å². The van der Waals surface area contributed by atoms with Crippen molar-refractivity contribution in [2.45, 2.75) is 32.2 Å². The summed E-state index contributed by atoms with van der Waals surface area (Å²) in [6.45, 7) is 6.57. The van der Waals surface area contributed by atoms with E-state index in [0.29, 0.717) is 19.6 Å². The Hall–Kier alpha value is -0.610. The second kappa shape index (κ2) is 4.75. The van der Waals surface area contributed by atoms with Gasteiger partial charge in [-0.3, -0.25) is 9.69 Å². The van der Waals surface area contributed by atoms with Gasteiger partial charge in [0.2, 0.25) is 0 Å². The monoisotopic (exact) mass is 201 g/mol. The molecule has 1 fully saturated rings. The third kappa shape index (κ3) is 2.25. The van der Waals surface area contributed by atoms with Crippen molar-refractivity contribution in [2.24, 2.45) is 0 Å². The molecule has 1 N–H and O–H groups in total. The largest absolute Gasteiger partial charge is 0.480 e. The molecular weight excluding hydrogens is 182 g/mol. The van der Waals surface area contributed by atoms with Crippen molar-refractivity contribution in [3.8, 4) is 0 Å². The fourth-order valence-electron chi connectivity index (χ4n) is 1.94. The van der Waals surface area contributed by atoms with Gasteiger partial charge in [0.15, 0.2) is 0 Å². The van der Waals surface area contributed by atoms with E-state index in [1.807, 2.05) is 18.7 Å². The molecule has 0 saturated carbocycles. The lowest BCUT2D eigenvalue weighted by molar-refractivity contribution is -0.154. The minimum Gasteiger partial charge on any atom is -0.480 e. The Balaban J connectivity index is 2.69. The minimum absolute atomic E-state index is 0.645. The molecule has 0 amide bonds. The molecule has 4 heteroatoms. The van der Waals surface area contributed by atoms with Crippen LogP contribution in [-0.4, -0.2) is 47.8 Å². The van der Waals surface area contributed by atoms with Gasteiger partial charge in [-0.05, 0) is 13.3 Å². The number of morpholine rings is 1. The Morgan fingerprint density at radius 2 is 2.07 bits per heavy atom. The van der Waals surface area contributed by atoms with Gasteiger partial charge in [0.25, 0.3) is 0 Å². The maximum absolute atomic E-state index is 11.2. The molecule has 0 radical (unpaired) electrons. The lowest BCUT2D eigenvalue weighted by Gasteiger charge is -2.40. The summed E-state index contributed by atoms with van der Waals surface area (Å²) < 4.78 is 5.22. The number of nitrogens with zero attached hydrogens (tertiary/aromatic N) is 1. The van der Waals surface area contributed by atoms with Crippen LogP contribution in [0.4, 0.5) is 0 Å². The summed E-state index contributed by atoms with van der Waals surface area (Å²) in [7, 11) is 0. The summed E-state index contributed by atoms with van der Waals surface area (Å²) in [5.41, 5.74) is -0.710. The fraction of sp³-hybridized carbons (Fsp3) is 0.900. The van der Waals surface area contributed by atoms with E-state index >= 15 is 0 Å². The van der Waals surface area contributed by atoms with E-state index < -0.39 is 11.5 Å². The minimum atomic E-state index is -0.721. The van der Waals surface area contributed by atoms with Crippen molar-refractivity contribution in [3.63, 3.8) is 0 Å². The highest BCUT2D eigenvalue weighted by molar-refractivity contribution is 5.78. The number of carboxylic acid groups (broad SMARTS) is 1. The van der Waals surface area contributed by atoms with Crippen LogP contribution in [-0.2, 0) is 9.53 Å². The number of hydrogen-bond donors (Lipinski definition) is 1. The lowest BCUT2D eigenvalue weighted by Crippen LogP contribution is -2.56. The van der Waals surface area contributed by atoms with E-state index in [4.69, 9.17) is 4.74 Å². The average molecular weight is 201 g/mol. The van der Waals surface area contributed by atoms with Gasteiger partial charge in [0.1, 0.15) is 5.54 Å². The van der Waals surface area contributed by atoms with Gasteiger partial charge in [0, 0.05) is 13.1 Å². The Morgan fingerprint density at radius 1 is 1.50 bits per heavy atom. The van der Waals surface area contributed by atoms with E-state index in [1.165, 1.54) is 0 Å². The van der Waals surface area contributed by atoms with E-state index in [1.54, 1.807) is 0 Å². The van der Waals surface area contributed by atoms with Crippen molar-refractivity contribution in [3.05, 3.63) is 0 Å². The molecule has 1 atom stereocenters. The van der Waals surface area contributed by atoms with Crippen LogP contribution in [0.5, 0.6) is 0 Å². The molecule has 82 valence electrons. The van der Waals surface area contributed by atoms with Gasteiger partial charge in [0.05, 0.1) is 13.2 Å². The molecule has 0 aromatic rings. The van der Waals surface area contributed by atoms with Crippen LogP contribution in [0.15, 0.2) is 0 Å². The summed E-state index contributed by atoms with van der Waals surface area (Å²) in [6.07, 6.45) is 1.59. The van der Waals surface area contributed by atoms with Gasteiger partial charge < -0.3 is 9.84 Å². The van der Waals surface area contributed by atoms with Crippen molar-refractivity contribution in [2.75, 3.05) is 26.3 Å². The average Bonchev–Trinajstić information content (AvgIpc) is 2.19. The van der Waals surface area contributed by atoms with Crippen LogP contribution in [0.1, 0.15) is 26.7 Å². The molecule has 1 aliphatic rings. The highest BCUT2D eigenvalue weighted by Gasteiger charge is 2.39. The SMILES string of the molecule is CCCC(C)(C(=O)O)N1CCOCC1. The Morgan fingerprint density at radius 3 is 2.50 bits per heavy atom. The first kappa shape index (κ1) is 11.5. The number of aliphatic carboxylic acids is 1. The molecule has 0 aromatic carbocycles. The molecule has 0 aliphatic carbocycles. The summed E-state index contributed by atoms with van der Waals surface area (Å²) >= 11 is 0. The number of rotatable bonds is 4. The number of carbonyl (C=O) groups is 1. The highest BCUT2D eigenvalue weighted by Crippen LogP contribution is 2.22. The van der Waals surface area contributed by atoms with E-state index in [9.17, 15) is 9.90 Å². The normalized spacial score (nSPS) is 23.0. The summed E-state index contributed by atoms with van der Waals surface area (Å²) in [5.74, 6) is -0.721. The molecule has 14 heavy (non-hydrogen) atoms.